The highest BCUT2D eigenvalue weighted by molar-refractivity contribution is 5.81. The third-order valence-electron chi connectivity index (χ3n) is 6.10. The summed E-state index contributed by atoms with van der Waals surface area (Å²) in [5, 5.41) is 21.5. The van der Waals surface area contributed by atoms with Gasteiger partial charge in [0.05, 0.1) is 11.8 Å². The van der Waals surface area contributed by atoms with Gasteiger partial charge in [-0.05, 0) is 48.8 Å². The van der Waals surface area contributed by atoms with Crippen LogP contribution >= 0.6 is 0 Å². The Bertz CT molecular complexity index is 909. The second-order valence-corrected chi connectivity index (χ2v) is 8.49. The summed E-state index contributed by atoms with van der Waals surface area (Å²) in [7, 11) is 0. The molecule has 164 valence electrons. The number of carbonyl (C=O) groups is 3. The van der Waals surface area contributed by atoms with Crippen LogP contribution in [-0.4, -0.2) is 34.1 Å². The average molecular weight is 424 g/mol. The van der Waals surface area contributed by atoms with Crippen molar-refractivity contribution in [2.24, 2.45) is 17.8 Å². The molecule has 3 N–H and O–H groups in total. The molecule has 3 rings (SSSR count). The Kier molecular flexibility index (Phi) is 7.45. The van der Waals surface area contributed by atoms with Crippen molar-refractivity contribution in [1.29, 1.82) is 0 Å². The van der Waals surface area contributed by atoms with Crippen molar-refractivity contribution in [1.82, 2.24) is 5.32 Å². The minimum absolute atomic E-state index is 0.174. The molecule has 1 aliphatic rings. The second-order valence-electron chi connectivity index (χ2n) is 8.49. The highest BCUT2D eigenvalue weighted by Gasteiger charge is 2.34. The third kappa shape index (κ3) is 6.17. The molecule has 6 nitrogen and oxygen atoms in total. The summed E-state index contributed by atoms with van der Waals surface area (Å²) in [5.41, 5.74) is 3.22. The maximum absolute atomic E-state index is 12.8. The van der Waals surface area contributed by atoms with Gasteiger partial charge in [0.1, 0.15) is 0 Å². The fourth-order valence-corrected chi connectivity index (χ4v) is 4.23. The topological polar surface area (TPSA) is 104 Å². The Morgan fingerprint density at radius 3 is 2.13 bits per heavy atom. The number of benzene rings is 2. The lowest BCUT2D eigenvalue weighted by molar-refractivity contribution is -0.143. The molecule has 1 saturated carbocycles. The van der Waals surface area contributed by atoms with Crippen molar-refractivity contribution in [2.75, 3.05) is 0 Å². The first-order valence-corrected chi connectivity index (χ1v) is 10.7. The number of carboxylic acids is 2. The standard InChI is InChI=1S/C25H29NO5/c1-16(24(28)29)13-22(26-23(27)20-11-12-21(15-20)25(30)31)14-17-7-9-19(10-8-17)18-5-3-2-4-6-18/h2-10,16,20-22H,11-15H2,1H3,(H,26,27)(H,28,29)(H,30,31)/t16-,20+,21-,22?/m1/s1. The van der Waals surface area contributed by atoms with E-state index in [0.29, 0.717) is 32.1 Å². The van der Waals surface area contributed by atoms with Gasteiger partial charge in [-0.25, -0.2) is 0 Å². The number of carbonyl (C=O) groups excluding carboxylic acids is 1. The summed E-state index contributed by atoms with van der Waals surface area (Å²) < 4.78 is 0. The molecule has 6 heteroatoms. The van der Waals surface area contributed by atoms with Crippen molar-refractivity contribution in [3.63, 3.8) is 0 Å². The zero-order valence-corrected chi connectivity index (χ0v) is 17.7. The summed E-state index contributed by atoms with van der Waals surface area (Å²) in [5.74, 6) is -3.33. The van der Waals surface area contributed by atoms with Gasteiger partial charge in [0.25, 0.3) is 0 Å². The molecule has 4 atom stereocenters. The van der Waals surface area contributed by atoms with E-state index >= 15 is 0 Å². The predicted octanol–water partition coefficient (Wildman–Crippen LogP) is 3.99. The molecule has 0 spiro atoms. The Balaban J connectivity index is 1.68. The minimum Gasteiger partial charge on any atom is -0.481 e. The van der Waals surface area contributed by atoms with Gasteiger partial charge < -0.3 is 15.5 Å². The first kappa shape index (κ1) is 22.5. The van der Waals surface area contributed by atoms with Crippen LogP contribution in [0.25, 0.3) is 11.1 Å². The first-order chi connectivity index (χ1) is 14.8. The zero-order chi connectivity index (χ0) is 22.4. The van der Waals surface area contributed by atoms with Crippen molar-refractivity contribution < 1.29 is 24.6 Å². The van der Waals surface area contributed by atoms with Crippen LogP contribution in [0, 0.1) is 17.8 Å². The molecule has 1 aliphatic carbocycles. The molecule has 0 saturated heterocycles. The molecule has 0 heterocycles. The molecule has 2 aromatic rings. The van der Waals surface area contributed by atoms with Crippen LogP contribution < -0.4 is 5.32 Å². The van der Waals surface area contributed by atoms with Crippen LogP contribution in [0.3, 0.4) is 0 Å². The smallest absolute Gasteiger partial charge is 0.306 e. The lowest BCUT2D eigenvalue weighted by Crippen LogP contribution is -2.41. The molecular formula is C25H29NO5. The molecular weight excluding hydrogens is 394 g/mol. The highest BCUT2D eigenvalue weighted by Crippen LogP contribution is 2.31. The number of nitrogens with one attached hydrogen (secondary N) is 1. The maximum Gasteiger partial charge on any atom is 0.306 e. The van der Waals surface area contributed by atoms with E-state index in [4.69, 9.17) is 0 Å². The number of aliphatic carboxylic acids is 2. The summed E-state index contributed by atoms with van der Waals surface area (Å²) in [6.45, 7) is 1.63. The predicted molar refractivity (Wildman–Crippen MR) is 117 cm³/mol. The van der Waals surface area contributed by atoms with E-state index in [0.717, 1.165) is 16.7 Å². The van der Waals surface area contributed by atoms with Crippen LogP contribution in [0.5, 0.6) is 0 Å². The fourth-order valence-electron chi connectivity index (χ4n) is 4.23. The summed E-state index contributed by atoms with van der Waals surface area (Å²) >= 11 is 0. The van der Waals surface area contributed by atoms with Gasteiger partial charge in [0, 0.05) is 12.0 Å². The van der Waals surface area contributed by atoms with Crippen LogP contribution in [-0.2, 0) is 20.8 Å². The van der Waals surface area contributed by atoms with E-state index in [1.807, 2.05) is 54.6 Å². The van der Waals surface area contributed by atoms with Crippen LogP contribution in [0.15, 0.2) is 54.6 Å². The Morgan fingerprint density at radius 2 is 1.55 bits per heavy atom. The fraction of sp³-hybridized carbons (Fsp3) is 0.400. The molecule has 2 aromatic carbocycles. The number of carboxylic acid groups (broad SMARTS) is 2. The maximum atomic E-state index is 12.8. The number of hydrogen-bond acceptors (Lipinski definition) is 3. The van der Waals surface area contributed by atoms with Gasteiger partial charge in [0.2, 0.25) is 5.91 Å². The van der Waals surface area contributed by atoms with E-state index in [1.54, 1.807) is 6.92 Å². The molecule has 0 radical (unpaired) electrons. The quantitative estimate of drug-likeness (QED) is 0.566. The largest absolute Gasteiger partial charge is 0.481 e. The number of rotatable bonds is 9. The molecule has 0 aliphatic heterocycles. The van der Waals surface area contributed by atoms with Crippen LogP contribution in [0.4, 0.5) is 0 Å². The molecule has 1 amide bonds. The van der Waals surface area contributed by atoms with E-state index in [2.05, 4.69) is 5.32 Å². The minimum atomic E-state index is -0.898. The Morgan fingerprint density at radius 1 is 0.935 bits per heavy atom. The van der Waals surface area contributed by atoms with Crippen molar-refractivity contribution >= 4 is 17.8 Å². The van der Waals surface area contributed by atoms with Gasteiger partial charge in [-0.2, -0.15) is 0 Å². The van der Waals surface area contributed by atoms with E-state index in [-0.39, 0.29) is 17.9 Å². The average Bonchev–Trinajstić information content (AvgIpc) is 3.25. The number of hydrogen-bond donors (Lipinski definition) is 3. The second kappa shape index (κ2) is 10.2. The molecule has 0 bridgehead atoms. The van der Waals surface area contributed by atoms with E-state index < -0.39 is 23.8 Å². The Labute approximate surface area is 182 Å². The summed E-state index contributed by atoms with van der Waals surface area (Å²) in [6.07, 6.45) is 2.23. The lowest BCUT2D eigenvalue weighted by atomic mass is 9.94. The van der Waals surface area contributed by atoms with Gasteiger partial charge in [-0.3, -0.25) is 14.4 Å². The van der Waals surface area contributed by atoms with Gasteiger partial charge >= 0.3 is 11.9 Å². The Hall–Kier alpha value is -3.15. The molecule has 1 fully saturated rings. The normalized spacial score (nSPS) is 20.0. The van der Waals surface area contributed by atoms with E-state index in [1.165, 1.54) is 0 Å². The first-order valence-electron chi connectivity index (χ1n) is 10.7. The van der Waals surface area contributed by atoms with Crippen molar-refractivity contribution in [3.8, 4) is 11.1 Å². The third-order valence-corrected chi connectivity index (χ3v) is 6.10. The molecule has 0 aromatic heterocycles. The highest BCUT2D eigenvalue weighted by atomic mass is 16.4. The van der Waals surface area contributed by atoms with Gasteiger partial charge in [-0.1, -0.05) is 61.5 Å². The summed E-state index contributed by atoms with van der Waals surface area (Å²) in [4.78, 5) is 35.3. The SMILES string of the molecule is C[C@H](CC(Cc1ccc(-c2ccccc2)cc1)NC(=O)[C@H]1CC[C@@H](C(=O)O)C1)C(=O)O. The van der Waals surface area contributed by atoms with Crippen molar-refractivity contribution in [3.05, 3.63) is 60.2 Å². The monoisotopic (exact) mass is 423 g/mol. The van der Waals surface area contributed by atoms with Gasteiger partial charge in [-0.15, -0.1) is 0 Å². The van der Waals surface area contributed by atoms with E-state index in [9.17, 15) is 24.6 Å². The van der Waals surface area contributed by atoms with Gasteiger partial charge in [0.15, 0.2) is 0 Å². The molecule has 31 heavy (non-hydrogen) atoms. The van der Waals surface area contributed by atoms with Crippen LogP contribution in [0.1, 0.15) is 38.2 Å². The summed E-state index contributed by atoms with van der Waals surface area (Å²) in [6, 6.07) is 17.8. The number of amides is 1. The molecule has 1 unspecified atom stereocenters. The van der Waals surface area contributed by atoms with Crippen LogP contribution in [0.2, 0.25) is 0 Å². The zero-order valence-electron chi connectivity index (χ0n) is 17.7. The van der Waals surface area contributed by atoms with Crippen molar-refractivity contribution in [2.45, 2.75) is 45.1 Å². The lowest BCUT2D eigenvalue weighted by Gasteiger charge is -2.23.